The van der Waals surface area contributed by atoms with Crippen molar-refractivity contribution in [2.75, 3.05) is 6.54 Å². The molecule has 8 heteroatoms. The Bertz CT molecular complexity index is 840. The van der Waals surface area contributed by atoms with Gasteiger partial charge in [-0.05, 0) is 55.6 Å². The predicted molar refractivity (Wildman–Crippen MR) is 102 cm³/mol. The van der Waals surface area contributed by atoms with Gasteiger partial charge < -0.3 is 9.72 Å². The standard InChI is InChI=1S/C17H22BrN3O3S/c1-17(2,3)24-16(23)21-8-6-4-5-7-11(21)14-19-10-9-12(18)25-13(10)15(22)20-14/h9,11H,4-8H2,1-3H3,(H,19,20,22)/t11-/m0/s1. The number of aromatic amines is 1. The van der Waals surface area contributed by atoms with Crippen LogP contribution in [-0.2, 0) is 4.74 Å². The molecule has 1 amide bonds. The van der Waals surface area contributed by atoms with Gasteiger partial charge in [-0.25, -0.2) is 9.78 Å². The van der Waals surface area contributed by atoms with E-state index in [1.54, 1.807) is 4.90 Å². The van der Waals surface area contributed by atoms with Crippen LogP contribution in [-0.4, -0.2) is 33.1 Å². The number of rotatable bonds is 1. The molecule has 0 aliphatic carbocycles. The number of likely N-dealkylation sites (tertiary alicyclic amines) is 1. The second-order valence-corrected chi connectivity index (χ2v) is 9.69. The Kier molecular flexibility index (Phi) is 5.20. The van der Waals surface area contributed by atoms with Crippen LogP contribution in [0.1, 0.15) is 58.3 Å². The molecule has 0 aromatic carbocycles. The highest BCUT2D eigenvalue weighted by Gasteiger charge is 2.32. The number of amides is 1. The third kappa shape index (κ3) is 4.23. The van der Waals surface area contributed by atoms with E-state index < -0.39 is 5.60 Å². The van der Waals surface area contributed by atoms with E-state index in [2.05, 4.69) is 25.9 Å². The van der Waals surface area contributed by atoms with Crippen molar-refractivity contribution in [3.8, 4) is 0 Å². The molecule has 0 radical (unpaired) electrons. The number of nitrogens with one attached hydrogen (secondary N) is 1. The van der Waals surface area contributed by atoms with Gasteiger partial charge in [0.25, 0.3) is 5.56 Å². The first-order chi connectivity index (χ1) is 11.7. The highest BCUT2D eigenvalue weighted by molar-refractivity contribution is 9.11. The molecule has 1 N–H and O–H groups in total. The molecule has 0 unspecified atom stereocenters. The van der Waals surface area contributed by atoms with Gasteiger partial charge in [-0.3, -0.25) is 9.69 Å². The van der Waals surface area contributed by atoms with Gasteiger partial charge in [-0.1, -0.05) is 12.8 Å². The van der Waals surface area contributed by atoms with Crippen LogP contribution >= 0.6 is 27.3 Å². The quantitative estimate of drug-likeness (QED) is 0.721. The monoisotopic (exact) mass is 427 g/mol. The topological polar surface area (TPSA) is 75.3 Å². The fourth-order valence-electron chi connectivity index (χ4n) is 3.02. The first kappa shape index (κ1) is 18.4. The fraction of sp³-hybridized carbons (Fsp3) is 0.588. The first-order valence-corrected chi connectivity index (χ1v) is 10.0. The molecule has 2 aromatic rings. The van der Waals surface area contributed by atoms with Gasteiger partial charge in [0.05, 0.1) is 15.3 Å². The summed E-state index contributed by atoms with van der Waals surface area (Å²) in [5, 5.41) is 0. The minimum atomic E-state index is -0.559. The summed E-state index contributed by atoms with van der Waals surface area (Å²) in [5.41, 5.74) is -0.0650. The van der Waals surface area contributed by atoms with Crippen LogP contribution in [0.15, 0.2) is 14.6 Å². The van der Waals surface area contributed by atoms with E-state index in [0.29, 0.717) is 22.6 Å². The minimum absolute atomic E-state index is 0.163. The molecule has 0 saturated carbocycles. The maximum atomic E-state index is 12.7. The van der Waals surface area contributed by atoms with Gasteiger partial charge in [-0.2, -0.15) is 0 Å². The highest BCUT2D eigenvalue weighted by atomic mass is 79.9. The largest absolute Gasteiger partial charge is 0.444 e. The zero-order valence-corrected chi connectivity index (χ0v) is 17.0. The number of thiophene rings is 1. The lowest BCUT2D eigenvalue weighted by atomic mass is 10.1. The summed E-state index contributed by atoms with van der Waals surface area (Å²) in [4.78, 5) is 34.3. The zero-order chi connectivity index (χ0) is 18.2. The Morgan fingerprint density at radius 3 is 2.88 bits per heavy atom. The average molecular weight is 428 g/mol. The molecule has 0 bridgehead atoms. The van der Waals surface area contributed by atoms with Gasteiger partial charge in [0.1, 0.15) is 16.1 Å². The minimum Gasteiger partial charge on any atom is -0.444 e. The van der Waals surface area contributed by atoms with Crippen LogP contribution in [0, 0.1) is 0 Å². The van der Waals surface area contributed by atoms with Crippen LogP contribution < -0.4 is 5.56 Å². The van der Waals surface area contributed by atoms with E-state index in [0.717, 1.165) is 29.5 Å². The van der Waals surface area contributed by atoms with E-state index in [4.69, 9.17) is 4.74 Å². The smallest absolute Gasteiger partial charge is 0.410 e. The number of aromatic nitrogens is 2. The maximum absolute atomic E-state index is 12.7. The number of nitrogens with zero attached hydrogens (tertiary/aromatic N) is 2. The Hall–Kier alpha value is -1.41. The molecule has 25 heavy (non-hydrogen) atoms. The average Bonchev–Trinajstić information content (AvgIpc) is 2.72. The fourth-order valence-corrected chi connectivity index (χ4v) is 4.44. The molecule has 1 saturated heterocycles. The van der Waals surface area contributed by atoms with E-state index in [1.807, 2.05) is 26.8 Å². The second-order valence-electron chi connectivity index (χ2n) is 7.25. The third-order valence-corrected chi connectivity index (χ3v) is 5.69. The van der Waals surface area contributed by atoms with Crippen molar-refractivity contribution in [2.24, 2.45) is 0 Å². The van der Waals surface area contributed by atoms with Gasteiger partial charge in [0, 0.05) is 6.54 Å². The molecule has 3 rings (SSSR count). The first-order valence-electron chi connectivity index (χ1n) is 8.43. The van der Waals surface area contributed by atoms with Gasteiger partial charge in [-0.15, -0.1) is 11.3 Å². The van der Waals surface area contributed by atoms with Gasteiger partial charge >= 0.3 is 6.09 Å². The summed E-state index contributed by atoms with van der Waals surface area (Å²) in [7, 11) is 0. The number of carbonyl (C=O) groups excluding carboxylic acids is 1. The normalized spacial score (nSPS) is 19.0. The molecule has 2 aromatic heterocycles. The maximum Gasteiger partial charge on any atom is 0.410 e. The number of H-pyrrole nitrogens is 1. The molecule has 0 spiro atoms. The number of hydrogen-bond donors (Lipinski definition) is 1. The lowest BCUT2D eigenvalue weighted by Crippen LogP contribution is -2.40. The van der Waals surface area contributed by atoms with Crippen molar-refractivity contribution >= 4 is 43.6 Å². The van der Waals surface area contributed by atoms with Crippen molar-refractivity contribution in [1.29, 1.82) is 0 Å². The Morgan fingerprint density at radius 2 is 2.16 bits per heavy atom. The van der Waals surface area contributed by atoms with Crippen LogP contribution in [0.2, 0.25) is 0 Å². The number of fused-ring (bicyclic) bond motifs is 1. The van der Waals surface area contributed by atoms with Crippen molar-refractivity contribution in [1.82, 2.24) is 14.9 Å². The van der Waals surface area contributed by atoms with Crippen LogP contribution in [0.5, 0.6) is 0 Å². The summed E-state index contributed by atoms with van der Waals surface area (Å²) in [5.74, 6) is 0.538. The Labute approximate surface area is 158 Å². The van der Waals surface area contributed by atoms with Gasteiger partial charge in [0.2, 0.25) is 0 Å². The van der Waals surface area contributed by atoms with Crippen molar-refractivity contribution in [3.63, 3.8) is 0 Å². The molecule has 1 fully saturated rings. The van der Waals surface area contributed by atoms with Crippen molar-refractivity contribution in [2.45, 2.75) is 58.1 Å². The molecular formula is C17H22BrN3O3S. The molecular weight excluding hydrogens is 406 g/mol. The predicted octanol–water partition coefficient (Wildman–Crippen LogP) is 4.60. The van der Waals surface area contributed by atoms with Crippen LogP contribution in [0.4, 0.5) is 4.79 Å². The summed E-state index contributed by atoms with van der Waals surface area (Å²) >= 11 is 4.76. The summed E-state index contributed by atoms with van der Waals surface area (Å²) < 4.78 is 7.02. The van der Waals surface area contributed by atoms with Crippen LogP contribution in [0.25, 0.3) is 10.2 Å². The lowest BCUT2D eigenvalue weighted by molar-refractivity contribution is 0.0155. The molecule has 1 atom stereocenters. The van der Waals surface area contributed by atoms with Crippen molar-refractivity contribution in [3.05, 3.63) is 26.0 Å². The summed E-state index contributed by atoms with van der Waals surface area (Å²) in [6.45, 7) is 6.17. The lowest BCUT2D eigenvalue weighted by Gasteiger charge is -2.31. The molecule has 3 heterocycles. The molecule has 1 aliphatic heterocycles. The summed E-state index contributed by atoms with van der Waals surface area (Å²) in [6.07, 6.45) is 3.37. The summed E-state index contributed by atoms with van der Waals surface area (Å²) in [6, 6.07) is 1.57. The van der Waals surface area contributed by atoms with E-state index in [-0.39, 0.29) is 17.7 Å². The number of hydrogen-bond acceptors (Lipinski definition) is 5. The van der Waals surface area contributed by atoms with E-state index >= 15 is 0 Å². The Morgan fingerprint density at radius 1 is 1.40 bits per heavy atom. The third-order valence-electron chi connectivity index (χ3n) is 4.07. The van der Waals surface area contributed by atoms with Crippen molar-refractivity contribution < 1.29 is 9.53 Å². The Balaban J connectivity index is 1.99. The zero-order valence-electron chi connectivity index (χ0n) is 14.6. The highest BCUT2D eigenvalue weighted by Crippen LogP contribution is 2.31. The second kappa shape index (κ2) is 7.07. The molecule has 1 aliphatic rings. The van der Waals surface area contributed by atoms with Gasteiger partial charge in [0.15, 0.2) is 0 Å². The van der Waals surface area contributed by atoms with E-state index in [1.165, 1.54) is 11.3 Å². The van der Waals surface area contributed by atoms with Crippen LogP contribution in [0.3, 0.4) is 0 Å². The molecule has 136 valence electrons. The molecule has 6 nitrogen and oxygen atoms in total. The van der Waals surface area contributed by atoms with E-state index in [9.17, 15) is 9.59 Å². The number of ether oxygens (including phenoxy) is 1. The SMILES string of the molecule is CC(C)(C)OC(=O)N1CCCCC[C@H]1c1nc2cc(Br)sc2c(=O)[nH]1. The number of carbonyl (C=O) groups is 1. The number of halogens is 1.